The number of rotatable bonds is 3. The van der Waals surface area contributed by atoms with E-state index in [1.165, 1.54) is 5.56 Å². The van der Waals surface area contributed by atoms with Crippen molar-refractivity contribution in [2.75, 3.05) is 13.1 Å². The zero-order valence-corrected chi connectivity index (χ0v) is 15.8. The Bertz CT molecular complexity index is 827. The lowest BCUT2D eigenvalue weighted by atomic mass is 10.0. The molecule has 26 heavy (non-hydrogen) atoms. The van der Waals surface area contributed by atoms with Crippen molar-refractivity contribution in [2.24, 2.45) is 0 Å². The summed E-state index contributed by atoms with van der Waals surface area (Å²) in [6.45, 7) is 5.26. The first-order valence-corrected chi connectivity index (χ1v) is 9.25. The Morgan fingerprint density at radius 1 is 1.04 bits per heavy atom. The maximum Gasteiger partial charge on any atom is 0.255 e. The number of benzene rings is 2. The standard InChI is InChI=1S/C21H23ClN2O2/c1-14-7-8-16(13-15(14)2)20(25)23-17-9-11-24(12-10-17)21(26)18-5-3-4-6-19(18)22/h3-8,13,17H,9-12H2,1-2H3,(H,23,25). The summed E-state index contributed by atoms with van der Waals surface area (Å²) in [4.78, 5) is 26.8. The third-order valence-corrected chi connectivity index (χ3v) is 5.32. The van der Waals surface area contributed by atoms with E-state index in [-0.39, 0.29) is 17.9 Å². The summed E-state index contributed by atoms with van der Waals surface area (Å²) in [5.74, 6) is -0.0986. The molecule has 0 atom stereocenters. The van der Waals surface area contributed by atoms with Crippen LogP contribution in [0.2, 0.25) is 5.02 Å². The highest BCUT2D eigenvalue weighted by atomic mass is 35.5. The van der Waals surface area contributed by atoms with Gasteiger partial charge in [-0.3, -0.25) is 9.59 Å². The zero-order valence-electron chi connectivity index (χ0n) is 15.1. The molecule has 1 aliphatic heterocycles. The van der Waals surface area contributed by atoms with Crippen LogP contribution in [-0.2, 0) is 0 Å². The van der Waals surface area contributed by atoms with Gasteiger partial charge in [0.2, 0.25) is 0 Å². The molecule has 1 heterocycles. The highest BCUT2D eigenvalue weighted by Gasteiger charge is 2.25. The topological polar surface area (TPSA) is 49.4 Å². The number of carbonyl (C=O) groups excluding carboxylic acids is 2. The van der Waals surface area contributed by atoms with Crippen LogP contribution in [0.3, 0.4) is 0 Å². The van der Waals surface area contributed by atoms with E-state index >= 15 is 0 Å². The van der Waals surface area contributed by atoms with Crippen molar-refractivity contribution < 1.29 is 9.59 Å². The van der Waals surface area contributed by atoms with Gasteiger partial charge in [-0.2, -0.15) is 0 Å². The van der Waals surface area contributed by atoms with Crippen LogP contribution in [-0.4, -0.2) is 35.8 Å². The Kier molecular flexibility index (Phi) is 5.62. The Labute approximate surface area is 159 Å². The fourth-order valence-electron chi connectivity index (χ4n) is 3.18. The van der Waals surface area contributed by atoms with E-state index in [0.717, 1.165) is 18.4 Å². The summed E-state index contributed by atoms with van der Waals surface area (Å²) >= 11 is 6.12. The van der Waals surface area contributed by atoms with Gasteiger partial charge in [-0.1, -0.05) is 29.8 Å². The summed E-state index contributed by atoms with van der Waals surface area (Å²) in [7, 11) is 0. The van der Waals surface area contributed by atoms with Crippen molar-refractivity contribution in [3.63, 3.8) is 0 Å². The molecule has 1 saturated heterocycles. The van der Waals surface area contributed by atoms with Crippen molar-refractivity contribution in [3.05, 3.63) is 69.7 Å². The summed E-state index contributed by atoms with van der Waals surface area (Å²) in [6, 6.07) is 12.9. The highest BCUT2D eigenvalue weighted by molar-refractivity contribution is 6.33. The van der Waals surface area contributed by atoms with E-state index in [2.05, 4.69) is 5.32 Å². The van der Waals surface area contributed by atoms with Gasteiger partial charge in [0.1, 0.15) is 0 Å². The molecule has 4 nitrogen and oxygen atoms in total. The van der Waals surface area contributed by atoms with Crippen molar-refractivity contribution >= 4 is 23.4 Å². The third kappa shape index (κ3) is 4.07. The number of carbonyl (C=O) groups is 2. The Hall–Kier alpha value is -2.33. The number of amides is 2. The minimum Gasteiger partial charge on any atom is -0.349 e. The molecule has 0 aromatic heterocycles. The second-order valence-corrected chi connectivity index (χ2v) is 7.23. The smallest absolute Gasteiger partial charge is 0.255 e. The molecule has 0 spiro atoms. The van der Waals surface area contributed by atoms with Gasteiger partial charge < -0.3 is 10.2 Å². The molecule has 2 amide bonds. The molecule has 1 fully saturated rings. The minimum absolute atomic E-state index is 0.0467. The van der Waals surface area contributed by atoms with Crippen LogP contribution in [0, 0.1) is 13.8 Å². The lowest BCUT2D eigenvalue weighted by Crippen LogP contribution is -2.46. The molecule has 0 aliphatic carbocycles. The molecule has 3 rings (SSSR count). The van der Waals surface area contributed by atoms with E-state index < -0.39 is 0 Å². The van der Waals surface area contributed by atoms with Gasteiger partial charge in [-0.05, 0) is 62.1 Å². The molecule has 1 N–H and O–H groups in total. The predicted molar refractivity (Wildman–Crippen MR) is 104 cm³/mol. The van der Waals surface area contributed by atoms with Gasteiger partial charge in [0.25, 0.3) is 11.8 Å². The van der Waals surface area contributed by atoms with Gasteiger partial charge in [0.05, 0.1) is 10.6 Å². The molecule has 136 valence electrons. The molecule has 0 unspecified atom stereocenters. The molecule has 2 aromatic carbocycles. The van der Waals surface area contributed by atoms with Crippen molar-refractivity contribution in [2.45, 2.75) is 32.7 Å². The van der Waals surface area contributed by atoms with Gasteiger partial charge in [0, 0.05) is 24.7 Å². The Morgan fingerprint density at radius 3 is 2.38 bits per heavy atom. The number of nitrogens with one attached hydrogen (secondary N) is 1. The molecule has 0 saturated carbocycles. The Morgan fingerprint density at radius 2 is 1.73 bits per heavy atom. The Balaban J connectivity index is 1.57. The van der Waals surface area contributed by atoms with Crippen LogP contribution in [0.25, 0.3) is 0 Å². The molecular formula is C21H23ClN2O2. The van der Waals surface area contributed by atoms with Crippen molar-refractivity contribution in [3.8, 4) is 0 Å². The highest BCUT2D eigenvalue weighted by Crippen LogP contribution is 2.20. The first kappa shape index (κ1) is 18.5. The second kappa shape index (κ2) is 7.92. The summed E-state index contributed by atoms with van der Waals surface area (Å²) in [5, 5.41) is 3.56. The molecule has 1 aliphatic rings. The van der Waals surface area contributed by atoms with Crippen LogP contribution in [0.4, 0.5) is 0 Å². The quantitative estimate of drug-likeness (QED) is 0.888. The number of hydrogen-bond donors (Lipinski definition) is 1. The van der Waals surface area contributed by atoms with Crippen LogP contribution < -0.4 is 5.32 Å². The largest absolute Gasteiger partial charge is 0.349 e. The van der Waals surface area contributed by atoms with Crippen LogP contribution in [0.15, 0.2) is 42.5 Å². The number of halogens is 1. The molecule has 0 radical (unpaired) electrons. The number of likely N-dealkylation sites (tertiary alicyclic amines) is 1. The maximum absolute atomic E-state index is 12.6. The molecule has 0 bridgehead atoms. The number of aryl methyl sites for hydroxylation is 2. The SMILES string of the molecule is Cc1ccc(C(=O)NC2CCN(C(=O)c3ccccc3Cl)CC2)cc1C. The van der Waals surface area contributed by atoms with Gasteiger partial charge in [-0.25, -0.2) is 0 Å². The lowest BCUT2D eigenvalue weighted by Gasteiger charge is -2.32. The second-order valence-electron chi connectivity index (χ2n) is 6.82. The van der Waals surface area contributed by atoms with Crippen LogP contribution >= 0.6 is 11.6 Å². The number of hydrogen-bond acceptors (Lipinski definition) is 2. The first-order chi connectivity index (χ1) is 12.5. The van der Waals surface area contributed by atoms with Crippen LogP contribution in [0.1, 0.15) is 44.7 Å². The van der Waals surface area contributed by atoms with Crippen molar-refractivity contribution in [1.29, 1.82) is 0 Å². The van der Waals surface area contributed by atoms with E-state index in [4.69, 9.17) is 11.6 Å². The van der Waals surface area contributed by atoms with E-state index in [1.54, 1.807) is 17.0 Å². The average molecular weight is 371 g/mol. The maximum atomic E-state index is 12.6. The molecule has 2 aromatic rings. The first-order valence-electron chi connectivity index (χ1n) is 8.87. The van der Waals surface area contributed by atoms with Crippen molar-refractivity contribution in [1.82, 2.24) is 10.2 Å². The molecular weight excluding hydrogens is 348 g/mol. The van der Waals surface area contributed by atoms with E-state index in [1.807, 2.05) is 44.2 Å². The van der Waals surface area contributed by atoms with Gasteiger partial charge >= 0.3 is 0 Å². The summed E-state index contributed by atoms with van der Waals surface area (Å²) in [5.41, 5.74) is 3.50. The zero-order chi connectivity index (χ0) is 18.7. The van der Waals surface area contributed by atoms with Gasteiger partial charge in [-0.15, -0.1) is 0 Å². The van der Waals surface area contributed by atoms with E-state index in [9.17, 15) is 9.59 Å². The monoisotopic (exact) mass is 370 g/mol. The average Bonchev–Trinajstić information content (AvgIpc) is 2.64. The third-order valence-electron chi connectivity index (χ3n) is 4.99. The summed E-state index contributed by atoms with van der Waals surface area (Å²) < 4.78 is 0. The molecule has 5 heteroatoms. The number of nitrogens with zero attached hydrogens (tertiary/aromatic N) is 1. The minimum atomic E-state index is -0.0519. The fourth-order valence-corrected chi connectivity index (χ4v) is 3.40. The predicted octanol–water partition coefficient (Wildman–Crippen LogP) is 3.99. The van der Waals surface area contributed by atoms with E-state index in [0.29, 0.717) is 29.2 Å². The lowest BCUT2D eigenvalue weighted by molar-refractivity contribution is 0.0698. The van der Waals surface area contributed by atoms with Crippen LogP contribution in [0.5, 0.6) is 0 Å². The number of piperidine rings is 1. The summed E-state index contributed by atoms with van der Waals surface area (Å²) in [6.07, 6.45) is 1.49. The normalized spacial score (nSPS) is 15.0. The van der Waals surface area contributed by atoms with Gasteiger partial charge in [0.15, 0.2) is 0 Å². The fraction of sp³-hybridized carbons (Fsp3) is 0.333.